The fourth-order valence-corrected chi connectivity index (χ4v) is 8.51. The van der Waals surface area contributed by atoms with Crippen LogP contribution in [0.25, 0.3) is 5.57 Å². The van der Waals surface area contributed by atoms with Gasteiger partial charge in [0.25, 0.3) is 0 Å². The van der Waals surface area contributed by atoms with Gasteiger partial charge in [-0.1, -0.05) is 26.0 Å². The molecule has 0 N–H and O–H groups in total. The largest absolute Gasteiger partial charge is 0.462 e. The molecule has 30 heavy (non-hydrogen) atoms. The number of hydrogen-bond acceptors (Lipinski definition) is 4. The predicted molar refractivity (Wildman–Crippen MR) is 114 cm³/mol. The highest BCUT2D eigenvalue weighted by molar-refractivity contribution is 5.72. The molecule has 0 amide bonds. The molecule has 0 aromatic carbocycles. The van der Waals surface area contributed by atoms with Crippen LogP contribution in [0.2, 0.25) is 0 Å². The SMILES string of the molecule is CC(=O)O[C@H]1CC[C@]2(C)[C@H]3CC[C@]4(C)C(c5cccnc5)=CC[C@H]4[C@@H]3C[C@H]3O[C@]32C1. The van der Waals surface area contributed by atoms with Crippen molar-refractivity contribution in [3.8, 4) is 0 Å². The molecule has 1 aromatic heterocycles. The van der Waals surface area contributed by atoms with E-state index in [-0.39, 0.29) is 28.5 Å². The van der Waals surface area contributed by atoms with Gasteiger partial charge in [0, 0.05) is 31.2 Å². The molecule has 6 rings (SSSR count). The predicted octanol–water partition coefficient (Wildman–Crippen LogP) is 5.18. The fraction of sp³-hybridized carbons (Fsp3) is 0.692. The number of allylic oxidation sites excluding steroid dienone is 2. The standard InChI is InChI=1S/C26H33NO3/c1-16(28)29-18-8-11-25(3)22-9-10-24(2)20(17-5-4-12-27-15-17)6-7-21(24)19(22)13-23-26(25,14-18)30-23/h4-6,12,15,18-19,21-23H,7-11,13-14H2,1-3H3/t18-,19-,21-,22-,23+,24+,25+,26+/m0/s1. The van der Waals surface area contributed by atoms with Crippen LogP contribution in [0, 0.1) is 28.6 Å². The maximum atomic E-state index is 11.5. The average molecular weight is 408 g/mol. The summed E-state index contributed by atoms with van der Waals surface area (Å²) >= 11 is 0. The van der Waals surface area contributed by atoms with Gasteiger partial charge in [0.15, 0.2) is 0 Å². The van der Waals surface area contributed by atoms with Crippen molar-refractivity contribution in [1.29, 1.82) is 0 Å². The number of pyridine rings is 1. The second-order valence-corrected chi connectivity index (χ2v) is 11.1. The van der Waals surface area contributed by atoms with E-state index < -0.39 is 0 Å². The van der Waals surface area contributed by atoms with Gasteiger partial charge in [0.1, 0.15) is 11.7 Å². The highest BCUT2D eigenvalue weighted by atomic mass is 16.6. The Balaban J connectivity index is 1.28. The molecule has 1 aliphatic heterocycles. The van der Waals surface area contributed by atoms with Crippen LogP contribution in [0.5, 0.6) is 0 Å². The third-order valence-corrected chi connectivity index (χ3v) is 9.93. The third kappa shape index (κ3) is 2.37. The molecule has 1 aromatic rings. The van der Waals surface area contributed by atoms with Crippen LogP contribution in [0.1, 0.15) is 71.3 Å². The number of esters is 1. The number of fused-ring (bicyclic) bond motifs is 4. The molecule has 3 saturated carbocycles. The van der Waals surface area contributed by atoms with E-state index in [1.165, 1.54) is 43.7 Å². The highest BCUT2D eigenvalue weighted by Crippen LogP contribution is 2.74. The van der Waals surface area contributed by atoms with E-state index in [0.717, 1.165) is 25.2 Å². The molecule has 5 aliphatic rings. The molecule has 160 valence electrons. The van der Waals surface area contributed by atoms with Crippen LogP contribution in [-0.4, -0.2) is 28.8 Å². The topological polar surface area (TPSA) is 51.7 Å². The summed E-state index contributed by atoms with van der Waals surface area (Å²) in [5.41, 5.74) is 3.26. The van der Waals surface area contributed by atoms with Gasteiger partial charge in [0.05, 0.1) is 6.10 Å². The minimum absolute atomic E-state index is 0.0383. The summed E-state index contributed by atoms with van der Waals surface area (Å²) in [5, 5.41) is 0. The van der Waals surface area contributed by atoms with Crippen molar-refractivity contribution < 1.29 is 14.3 Å². The molecule has 0 bridgehead atoms. The first-order valence-electron chi connectivity index (χ1n) is 11.8. The zero-order valence-electron chi connectivity index (χ0n) is 18.4. The molecule has 4 fully saturated rings. The van der Waals surface area contributed by atoms with E-state index in [4.69, 9.17) is 9.47 Å². The smallest absolute Gasteiger partial charge is 0.302 e. The van der Waals surface area contributed by atoms with E-state index >= 15 is 0 Å². The molecule has 4 heteroatoms. The second-order valence-electron chi connectivity index (χ2n) is 11.1. The summed E-state index contributed by atoms with van der Waals surface area (Å²) in [5.74, 6) is 2.00. The quantitative estimate of drug-likeness (QED) is 0.501. The minimum Gasteiger partial charge on any atom is -0.462 e. The summed E-state index contributed by atoms with van der Waals surface area (Å²) in [6, 6.07) is 4.29. The van der Waals surface area contributed by atoms with Crippen molar-refractivity contribution in [2.75, 3.05) is 0 Å². The Morgan fingerprint density at radius 2 is 2.10 bits per heavy atom. The molecular weight excluding hydrogens is 374 g/mol. The van der Waals surface area contributed by atoms with Gasteiger partial charge in [-0.05, 0) is 78.9 Å². The first-order valence-corrected chi connectivity index (χ1v) is 11.8. The molecule has 4 nitrogen and oxygen atoms in total. The third-order valence-electron chi connectivity index (χ3n) is 9.93. The maximum absolute atomic E-state index is 11.5. The average Bonchev–Trinajstić information content (AvgIpc) is 3.29. The lowest BCUT2D eigenvalue weighted by Gasteiger charge is -2.59. The Bertz CT molecular complexity index is 912. The van der Waals surface area contributed by atoms with Gasteiger partial charge < -0.3 is 9.47 Å². The van der Waals surface area contributed by atoms with Crippen molar-refractivity contribution in [3.05, 3.63) is 36.2 Å². The maximum Gasteiger partial charge on any atom is 0.302 e. The summed E-state index contributed by atoms with van der Waals surface area (Å²) in [7, 11) is 0. The van der Waals surface area contributed by atoms with Crippen LogP contribution in [-0.2, 0) is 14.3 Å². The van der Waals surface area contributed by atoms with Crippen molar-refractivity contribution >= 4 is 11.5 Å². The molecule has 0 unspecified atom stereocenters. The number of aromatic nitrogens is 1. The Kier molecular flexibility index (Phi) is 3.92. The second kappa shape index (κ2) is 6.18. The van der Waals surface area contributed by atoms with Crippen LogP contribution >= 0.6 is 0 Å². The number of epoxide rings is 1. The Hall–Kier alpha value is -1.68. The summed E-state index contributed by atoms with van der Waals surface area (Å²) in [6.45, 7) is 6.54. The number of ether oxygens (including phenoxy) is 2. The number of carbonyl (C=O) groups excluding carboxylic acids is 1. The van der Waals surface area contributed by atoms with E-state index in [9.17, 15) is 4.79 Å². The van der Waals surface area contributed by atoms with Crippen molar-refractivity contribution in [3.63, 3.8) is 0 Å². The van der Waals surface area contributed by atoms with Crippen molar-refractivity contribution in [2.24, 2.45) is 28.6 Å². The number of carbonyl (C=O) groups is 1. The lowest BCUT2D eigenvalue weighted by Crippen LogP contribution is -2.58. The molecule has 8 atom stereocenters. The Morgan fingerprint density at radius 1 is 1.23 bits per heavy atom. The lowest BCUT2D eigenvalue weighted by molar-refractivity contribution is -0.156. The summed E-state index contributed by atoms with van der Waals surface area (Å²) in [6.07, 6.45) is 14.7. The van der Waals surface area contributed by atoms with E-state index in [2.05, 4.69) is 37.0 Å². The van der Waals surface area contributed by atoms with Crippen LogP contribution in [0.4, 0.5) is 0 Å². The fourth-order valence-electron chi connectivity index (χ4n) is 8.51. The summed E-state index contributed by atoms with van der Waals surface area (Å²) < 4.78 is 12.2. The lowest BCUT2D eigenvalue weighted by atomic mass is 9.44. The number of rotatable bonds is 2. The van der Waals surface area contributed by atoms with Crippen LogP contribution in [0.3, 0.4) is 0 Å². The van der Waals surface area contributed by atoms with Gasteiger partial charge in [-0.3, -0.25) is 9.78 Å². The first kappa shape index (κ1) is 19.0. The minimum atomic E-state index is -0.153. The molecule has 4 aliphatic carbocycles. The number of nitrogens with zero attached hydrogens (tertiary/aromatic N) is 1. The summed E-state index contributed by atoms with van der Waals surface area (Å²) in [4.78, 5) is 15.9. The van der Waals surface area contributed by atoms with Crippen molar-refractivity contribution in [2.45, 2.75) is 83.5 Å². The van der Waals surface area contributed by atoms with Crippen LogP contribution in [0.15, 0.2) is 30.6 Å². The highest BCUT2D eigenvalue weighted by Gasteiger charge is 2.76. The van der Waals surface area contributed by atoms with Gasteiger partial charge in [-0.2, -0.15) is 0 Å². The van der Waals surface area contributed by atoms with E-state index in [1.807, 2.05) is 12.4 Å². The Morgan fingerprint density at radius 3 is 2.87 bits per heavy atom. The normalized spacial score (nSPS) is 48.5. The van der Waals surface area contributed by atoms with Gasteiger partial charge in [-0.15, -0.1) is 0 Å². The molecule has 2 heterocycles. The molecule has 1 spiro atoms. The Labute approximate surface area is 179 Å². The first-order chi connectivity index (χ1) is 14.4. The zero-order valence-corrected chi connectivity index (χ0v) is 18.4. The van der Waals surface area contributed by atoms with Gasteiger partial charge >= 0.3 is 5.97 Å². The van der Waals surface area contributed by atoms with Crippen molar-refractivity contribution in [1.82, 2.24) is 4.98 Å². The molecule has 0 radical (unpaired) electrons. The van der Waals surface area contributed by atoms with E-state index in [0.29, 0.717) is 17.9 Å². The van der Waals surface area contributed by atoms with Gasteiger partial charge in [-0.25, -0.2) is 0 Å². The van der Waals surface area contributed by atoms with Crippen LogP contribution < -0.4 is 0 Å². The zero-order chi connectivity index (χ0) is 20.7. The monoisotopic (exact) mass is 407 g/mol. The van der Waals surface area contributed by atoms with E-state index in [1.54, 1.807) is 0 Å². The molecule has 1 saturated heterocycles. The number of hydrogen-bond donors (Lipinski definition) is 0. The molecular formula is C26H33NO3. The van der Waals surface area contributed by atoms with Gasteiger partial charge in [0.2, 0.25) is 0 Å².